The normalized spacial score (nSPS) is 24.4. The molecule has 2 bridgehead atoms. The fourth-order valence-electron chi connectivity index (χ4n) is 3.69. The van der Waals surface area contributed by atoms with Crippen LogP contribution in [-0.2, 0) is 0 Å². The molecule has 4 rings (SSSR count). The molecule has 2 unspecified atom stereocenters. The lowest BCUT2D eigenvalue weighted by molar-refractivity contribution is 0.128. The third kappa shape index (κ3) is 1.75. The summed E-state index contributed by atoms with van der Waals surface area (Å²) in [5.41, 5.74) is 4.41. The predicted molar refractivity (Wildman–Crippen MR) is 77.0 cm³/mol. The largest absolute Gasteiger partial charge is 0.465 e. The van der Waals surface area contributed by atoms with Gasteiger partial charge in [0.15, 0.2) is 0 Å². The SMILES string of the molecule is Cc1c(C2=CC3CCC(C2)N3C(=O)O)ccc2cnnn12. The van der Waals surface area contributed by atoms with Gasteiger partial charge >= 0.3 is 6.09 Å². The van der Waals surface area contributed by atoms with Crippen LogP contribution in [0.3, 0.4) is 0 Å². The Labute approximate surface area is 121 Å². The highest BCUT2D eigenvalue weighted by atomic mass is 16.4. The minimum absolute atomic E-state index is 0.0158. The van der Waals surface area contributed by atoms with Crippen LogP contribution in [0.5, 0.6) is 0 Å². The van der Waals surface area contributed by atoms with Gasteiger partial charge in [-0.25, -0.2) is 9.31 Å². The van der Waals surface area contributed by atoms with Gasteiger partial charge in [0.2, 0.25) is 0 Å². The average Bonchev–Trinajstić information content (AvgIpc) is 3.03. The molecule has 4 heterocycles. The summed E-state index contributed by atoms with van der Waals surface area (Å²) in [6.45, 7) is 2.03. The van der Waals surface area contributed by atoms with Crippen LogP contribution < -0.4 is 0 Å². The quantitative estimate of drug-likeness (QED) is 0.872. The van der Waals surface area contributed by atoms with E-state index in [1.165, 1.54) is 5.57 Å². The van der Waals surface area contributed by atoms with E-state index in [4.69, 9.17) is 0 Å². The van der Waals surface area contributed by atoms with Gasteiger partial charge in [-0.1, -0.05) is 17.4 Å². The van der Waals surface area contributed by atoms with E-state index in [-0.39, 0.29) is 12.1 Å². The summed E-state index contributed by atoms with van der Waals surface area (Å²) in [6.07, 6.45) is 5.70. The van der Waals surface area contributed by atoms with E-state index in [0.29, 0.717) is 0 Å². The number of carboxylic acid groups (broad SMARTS) is 1. The van der Waals surface area contributed by atoms with Crippen LogP contribution >= 0.6 is 0 Å². The molecular weight excluding hydrogens is 268 g/mol. The molecule has 2 aromatic rings. The molecule has 1 amide bonds. The Morgan fingerprint density at radius 1 is 1.38 bits per heavy atom. The molecule has 21 heavy (non-hydrogen) atoms. The summed E-state index contributed by atoms with van der Waals surface area (Å²) in [4.78, 5) is 12.9. The highest BCUT2D eigenvalue weighted by molar-refractivity contribution is 5.75. The molecule has 1 saturated heterocycles. The van der Waals surface area contributed by atoms with Crippen LogP contribution in [0.2, 0.25) is 0 Å². The van der Waals surface area contributed by atoms with E-state index in [9.17, 15) is 9.90 Å². The lowest BCUT2D eigenvalue weighted by atomic mass is 9.94. The molecule has 6 heteroatoms. The van der Waals surface area contributed by atoms with Gasteiger partial charge in [-0.3, -0.25) is 4.90 Å². The second-order valence-electron chi connectivity index (χ2n) is 5.79. The highest BCUT2D eigenvalue weighted by Crippen LogP contribution is 2.39. The smallest absolute Gasteiger partial charge is 0.408 e. The third-order valence-electron chi connectivity index (χ3n) is 4.67. The maximum absolute atomic E-state index is 11.3. The van der Waals surface area contributed by atoms with Crippen molar-refractivity contribution in [3.05, 3.63) is 35.7 Å². The molecule has 2 aliphatic rings. The molecule has 0 aromatic carbocycles. The number of carbonyl (C=O) groups is 1. The number of rotatable bonds is 1. The van der Waals surface area contributed by atoms with Crippen LogP contribution in [0.4, 0.5) is 4.79 Å². The van der Waals surface area contributed by atoms with Gasteiger partial charge in [-0.05, 0) is 43.4 Å². The van der Waals surface area contributed by atoms with Gasteiger partial charge in [0.1, 0.15) is 0 Å². The molecule has 0 spiro atoms. The van der Waals surface area contributed by atoms with Gasteiger partial charge in [0, 0.05) is 11.7 Å². The zero-order valence-electron chi connectivity index (χ0n) is 11.7. The number of hydrogen-bond donors (Lipinski definition) is 1. The molecule has 2 aromatic heterocycles. The van der Waals surface area contributed by atoms with Gasteiger partial charge in [-0.15, -0.1) is 5.10 Å². The summed E-state index contributed by atoms with van der Waals surface area (Å²) in [5, 5.41) is 17.4. The molecule has 0 aliphatic carbocycles. The van der Waals surface area contributed by atoms with Crippen molar-refractivity contribution in [3.8, 4) is 0 Å². The Morgan fingerprint density at radius 3 is 3.00 bits per heavy atom. The third-order valence-corrected chi connectivity index (χ3v) is 4.67. The Kier molecular flexibility index (Phi) is 2.54. The van der Waals surface area contributed by atoms with E-state index < -0.39 is 6.09 Å². The Bertz CT molecular complexity index is 764. The summed E-state index contributed by atoms with van der Waals surface area (Å²) in [5.74, 6) is 0. The number of fused-ring (bicyclic) bond motifs is 3. The number of nitrogens with zero attached hydrogens (tertiary/aromatic N) is 4. The summed E-state index contributed by atoms with van der Waals surface area (Å²) < 4.78 is 1.83. The van der Waals surface area contributed by atoms with Gasteiger partial charge < -0.3 is 5.11 Å². The number of pyridine rings is 1. The number of hydrogen-bond acceptors (Lipinski definition) is 3. The average molecular weight is 284 g/mol. The second-order valence-corrected chi connectivity index (χ2v) is 5.79. The van der Waals surface area contributed by atoms with Crippen molar-refractivity contribution in [2.75, 3.05) is 0 Å². The van der Waals surface area contributed by atoms with Crippen LogP contribution in [-0.4, -0.2) is 43.0 Å². The van der Waals surface area contributed by atoms with Crippen molar-refractivity contribution in [1.82, 2.24) is 19.7 Å². The fourth-order valence-corrected chi connectivity index (χ4v) is 3.69. The minimum Gasteiger partial charge on any atom is -0.465 e. The lowest BCUT2D eigenvalue weighted by Gasteiger charge is -2.32. The van der Waals surface area contributed by atoms with E-state index in [1.807, 2.05) is 17.5 Å². The number of aryl methyl sites for hydroxylation is 1. The first-order chi connectivity index (χ1) is 10.1. The first-order valence-corrected chi connectivity index (χ1v) is 7.17. The van der Waals surface area contributed by atoms with Gasteiger partial charge in [-0.2, -0.15) is 0 Å². The minimum atomic E-state index is -0.804. The Balaban J connectivity index is 1.78. The molecule has 1 N–H and O–H groups in total. The fraction of sp³-hybridized carbons (Fsp3) is 0.400. The zero-order valence-corrected chi connectivity index (χ0v) is 11.7. The zero-order chi connectivity index (χ0) is 14.6. The molecule has 108 valence electrons. The topological polar surface area (TPSA) is 70.7 Å². The number of amides is 1. The molecule has 6 nitrogen and oxygen atoms in total. The maximum atomic E-state index is 11.3. The van der Waals surface area contributed by atoms with Crippen LogP contribution in [0.1, 0.15) is 30.5 Å². The van der Waals surface area contributed by atoms with Crippen molar-refractivity contribution >= 4 is 17.2 Å². The van der Waals surface area contributed by atoms with Crippen molar-refractivity contribution in [2.45, 2.75) is 38.3 Å². The first kappa shape index (κ1) is 12.4. The molecule has 0 radical (unpaired) electrons. The number of aromatic nitrogens is 3. The molecule has 0 saturated carbocycles. The van der Waals surface area contributed by atoms with E-state index in [2.05, 4.69) is 22.5 Å². The van der Waals surface area contributed by atoms with Gasteiger partial charge in [0.25, 0.3) is 0 Å². The first-order valence-electron chi connectivity index (χ1n) is 7.17. The molecule has 1 fully saturated rings. The predicted octanol–water partition coefficient (Wildman–Crippen LogP) is 2.34. The summed E-state index contributed by atoms with van der Waals surface area (Å²) >= 11 is 0. The monoisotopic (exact) mass is 284 g/mol. The Morgan fingerprint density at radius 2 is 2.24 bits per heavy atom. The van der Waals surface area contributed by atoms with Gasteiger partial charge in [0.05, 0.1) is 17.8 Å². The summed E-state index contributed by atoms with van der Waals surface area (Å²) in [7, 11) is 0. The summed E-state index contributed by atoms with van der Waals surface area (Å²) in [6, 6.07) is 4.23. The van der Waals surface area contributed by atoms with Crippen molar-refractivity contribution in [2.24, 2.45) is 0 Å². The highest BCUT2D eigenvalue weighted by Gasteiger charge is 2.39. The lowest BCUT2D eigenvalue weighted by Crippen LogP contribution is -2.42. The standard InChI is InChI=1S/C15H16N4O2/c1-9-14(5-4-13-8-16-17-19(9)13)10-6-11-2-3-12(7-10)18(11)15(20)21/h4-6,8,11-12H,2-3,7H2,1H3,(H,20,21). The van der Waals surface area contributed by atoms with Crippen molar-refractivity contribution in [1.29, 1.82) is 0 Å². The molecule has 2 atom stereocenters. The van der Waals surface area contributed by atoms with Crippen LogP contribution in [0, 0.1) is 6.92 Å². The van der Waals surface area contributed by atoms with Crippen LogP contribution in [0.15, 0.2) is 24.4 Å². The van der Waals surface area contributed by atoms with Crippen LogP contribution in [0.25, 0.3) is 11.1 Å². The second kappa shape index (κ2) is 4.31. The Hall–Kier alpha value is -2.37. The van der Waals surface area contributed by atoms with E-state index >= 15 is 0 Å². The van der Waals surface area contributed by atoms with E-state index in [1.54, 1.807) is 11.1 Å². The molecule has 2 aliphatic heterocycles. The van der Waals surface area contributed by atoms with E-state index in [0.717, 1.165) is 36.0 Å². The maximum Gasteiger partial charge on any atom is 0.408 e. The molecular formula is C15H16N4O2. The van der Waals surface area contributed by atoms with Crippen molar-refractivity contribution < 1.29 is 9.90 Å². The van der Waals surface area contributed by atoms with Crippen molar-refractivity contribution in [3.63, 3.8) is 0 Å².